The zero-order valence-corrected chi connectivity index (χ0v) is 23.6. The summed E-state index contributed by atoms with van der Waals surface area (Å²) in [4.78, 5) is 5.23. The Morgan fingerprint density at radius 3 is 1.44 bits per heavy atom. The minimum absolute atomic E-state index is 0.750. The fourth-order valence-corrected chi connectivity index (χ4v) is 14.1. The topological polar surface area (TPSA) is 0 Å². The minimum atomic E-state index is -3.42. The molecule has 0 radical (unpaired) electrons. The van der Waals surface area contributed by atoms with E-state index in [-0.39, 0.29) is 0 Å². The van der Waals surface area contributed by atoms with Crippen LogP contribution in [0.1, 0.15) is 5.56 Å². The molecule has 3 aromatic carbocycles. The van der Waals surface area contributed by atoms with Crippen LogP contribution in [0.2, 0.25) is 0 Å². The molecule has 5 heteroatoms. The van der Waals surface area contributed by atoms with Gasteiger partial charge in [-0.05, 0) is 0 Å². The van der Waals surface area contributed by atoms with E-state index >= 15 is 0 Å². The first kappa shape index (κ1) is 23.9. The van der Waals surface area contributed by atoms with Crippen molar-refractivity contribution in [3.63, 3.8) is 0 Å². The Kier molecular flexibility index (Phi) is 6.46. The molecule has 0 nitrogen and oxygen atoms in total. The first-order valence-corrected chi connectivity index (χ1v) is 17.7. The van der Waals surface area contributed by atoms with Crippen molar-refractivity contribution in [1.82, 2.24) is 0 Å². The van der Waals surface area contributed by atoms with Gasteiger partial charge in [0.1, 0.15) is 0 Å². The van der Waals surface area contributed by atoms with Crippen LogP contribution in [0.4, 0.5) is 0 Å². The summed E-state index contributed by atoms with van der Waals surface area (Å²) in [7, 11) is 0. The molecule has 0 spiro atoms. The third-order valence-electron chi connectivity index (χ3n) is 6.67. The molecule has 0 aliphatic rings. The van der Waals surface area contributed by atoms with Gasteiger partial charge in [0.05, 0.1) is 0 Å². The summed E-state index contributed by atoms with van der Waals surface area (Å²) >= 11 is 13.9. The van der Waals surface area contributed by atoms with E-state index in [0.29, 0.717) is 0 Å². The number of rotatable bonds is 7. The fourth-order valence-electron chi connectivity index (χ4n) is 4.96. The first-order chi connectivity index (χ1) is 17.7. The normalized spacial score (nSPS) is 12.8. The summed E-state index contributed by atoms with van der Waals surface area (Å²) in [6.45, 7) is 0. The molecule has 3 aromatic heterocycles. The summed E-state index contributed by atoms with van der Waals surface area (Å²) in [5.74, 6) is -3.42. The molecule has 0 amide bonds. The van der Waals surface area contributed by atoms with Crippen LogP contribution in [-0.2, 0) is 6.16 Å². The standard InChI is InChI=1S/C31H24ClPS3/c32-33(25-12-4-1-5-13-25,26-14-6-2-7-15-26,27-16-8-3-9-17-27)23-24-22-30(28-18-10-20-34-28)36-31(24)29-19-11-21-35-29/h1-22H,23H2. The molecule has 0 N–H and O–H groups in total. The van der Waals surface area contributed by atoms with Crippen LogP contribution in [0.5, 0.6) is 0 Å². The first-order valence-electron chi connectivity index (χ1n) is 11.8. The van der Waals surface area contributed by atoms with Crippen molar-refractivity contribution in [2.75, 3.05) is 0 Å². The van der Waals surface area contributed by atoms with Gasteiger partial charge in [-0.1, -0.05) is 0 Å². The Morgan fingerprint density at radius 2 is 1.00 bits per heavy atom. The van der Waals surface area contributed by atoms with Gasteiger partial charge < -0.3 is 0 Å². The van der Waals surface area contributed by atoms with Crippen molar-refractivity contribution >= 4 is 67.1 Å². The number of hydrogen-bond donors (Lipinski definition) is 0. The van der Waals surface area contributed by atoms with E-state index in [1.165, 1.54) is 41.0 Å². The van der Waals surface area contributed by atoms with Crippen molar-refractivity contribution in [3.05, 3.63) is 138 Å². The van der Waals surface area contributed by atoms with Gasteiger partial charge in [-0.25, -0.2) is 0 Å². The van der Waals surface area contributed by atoms with Gasteiger partial charge in [-0.3, -0.25) is 0 Å². The van der Waals surface area contributed by atoms with E-state index in [0.717, 1.165) is 6.16 Å². The van der Waals surface area contributed by atoms with Crippen LogP contribution in [0, 0.1) is 0 Å². The average Bonchev–Trinajstić information content (AvgIpc) is 3.73. The van der Waals surface area contributed by atoms with E-state index in [4.69, 9.17) is 11.2 Å². The molecular formula is C31H24ClPS3. The molecule has 36 heavy (non-hydrogen) atoms. The van der Waals surface area contributed by atoms with Gasteiger partial charge >= 0.3 is 230 Å². The van der Waals surface area contributed by atoms with Crippen molar-refractivity contribution in [2.45, 2.75) is 6.16 Å². The number of benzene rings is 3. The molecule has 0 aliphatic carbocycles. The Labute approximate surface area is 229 Å². The number of hydrogen-bond acceptors (Lipinski definition) is 3. The monoisotopic (exact) mass is 558 g/mol. The number of halogens is 1. The van der Waals surface area contributed by atoms with Crippen molar-refractivity contribution in [1.29, 1.82) is 0 Å². The summed E-state index contributed by atoms with van der Waals surface area (Å²) < 4.78 is 0. The zero-order valence-electron chi connectivity index (χ0n) is 19.5. The summed E-state index contributed by atoms with van der Waals surface area (Å²) in [5.41, 5.74) is 1.31. The fraction of sp³-hybridized carbons (Fsp3) is 0.0323. The van der Waals surface area contributed by atoms with Crippen LogP contribution in [0.3, 0.4) is 0 Å². The van der Waals surface area contributed by atoms with Crippen LogP contribution < -0.4 is 15.9 Å². The van der Waals surface area contributed by atoms with E-state index < -0.39 is 5.96 Å². The maximum atomic E-state index is 8.42. The van der Waals surface area contributed by atoms with Crippen LogP contribution in [0.15, 0.2) is 132 Å². The molecule has 0 atom stereocenters. The quantitative estimate of drug-likeness (QED) is 0.171. The second kappa shape index (κ2) is 9.74. The van der Waals surface area contributed by atoms with Gasteiger partial charge in [0.25, 0.3) is 0 Å². The van der Waals surface area contributed by atoms with Crippen molar-refractivity contribution in [3.8, 4) is 19.5 Å². The molecule has 3 heterocycles. The van der Waals surface area contributed by atoms with Gasteiger partial charge in [0.15, 0.2) is 0 Å². The Balaban J connectivity index is 1.66. The predicted octanol–water partition coefficient (Wildman–Crippen LogP) is 9.39. The number of thiophene rings is 3. The van der Waals surface area contributed by atoms with Crippen LogP contribution >= 0.6 is 51.2 Å². The summed E-state index contributed by atoms with van der Waals surface area (Å²) in [6, 6.07) is 43.4. The maximum absolute atomic E-state index is 8.42. The second-order valence-corrected chi connectivity index (χ2v) is 18.2. The third kappa shape index (κ3) is 4.00. The van der Waals surface area contributed by atoms with Crippen LogP contribution in [0.25, 0.3) is 19.5 Å². The third-order valence-corrected chi connectivity index (χ3v) is 17.1. The molecule has 0 unspecified atom stereocenters. The van der Waals surface area contributed by atoms with Gasteiger partial charge in [0.2, 0.25) is 0 Å². The molecule has 178 valence electrons. The molecular weight excluding hydrogens is 535 g/mol. The Hall–Kier alpha value is -2.52. The molecule has 6 rings (SSSR count). The predicted molar refractivity (Wildman–Crippen MR) is 166 cm³/mol. The summed E-state index contributed by atoms with van der Waals surface area (Å²) in [5, 5.41) is 7.91. The molecule has 0 saturated carbocycles. The van der Waals surface area contributed by atoms with E-state index in [1.807, 2.05) is 11.3 Å². The molecule has 0 aliphatic heterocycles. The molecule has 0 fully saturated rings. The van der Waals surface area contributed by atoms with Crippen LogP contribution in [-0.4, -0.2) is 0 Å². The van der Waals surface area contributed by atoms with E-state index in [2.05, 4.69) is 132 Å². The van der Waals surface area contributed by atoms with Crippen molar-refractivity contribution < 1.29 is 0 Å². The molecule has 6 aromatic rings. The second-order valence-electron chi connectivity index (χ2n) is 8.77. The van der Waals surface area contributed by atoms with Gasteiger partial charge in [0, 0.05) is 0 Å². The molecule has 0 bridgehead atoms. The van der Waals surface area contributed by atoms with Gasteiger partial charge in [-0.15, -0.1) is 0 Å². The zero-order chi connectivity index (χ0) is 24.5. The Bertz CT molecular complexity index is 1460. The SMILES string of the molecule is ClP(Cc1cc(-c2cccs2)sc1-c1cccs1)(c1ccccc1)(c1ccccc1)c1ccccc1. The average molecular weight is 559 g/mol. The Morgan fingerprint density at radius 1 is 0.528 bits per heavy atom. The van der Waals surface area contributed by atoms with Crippen molar-refractivity contribution in [2.24, 2.45) is 0 Å². The van der Waals surface area contributed by atoms with E-state index in [1.54, 1.807) is 22.7 Å². The van der Waals surface area contributed by atoms with Gasteiger partial charge in [-0.2, -0.15) is 0 Å². The van der Waals surface area contributed by atoms with E-state index in [9.17, 15) is 0 Å². The molecule has 0 saturated heterocycles. The summed E-state index contributed by atoms with van der Waals surface area (Å²) in [6.07, 6.45) is 0.750.